The van der Waals surface area contributed by atoms with Gasteiger partial charge in [0.15, 0.2) is 0 Å². The van der Waals surface area contributed by atoms with Crippen LogP contribution >= 0.6 is 27.4 Å². The highest BCUT2D eigenvalue weighted by Gasteiger charge is 2.65. The minimum Gasteiger partial charge on any atom is -0.323 e. The van der Waals surface area contributed by atoms with E-state index in [9.17, 15) is 28.7 Å². The number of likely N-dealkylation sites (N-methyl/N-ethyl adjacent to an activating group) is 1. The molecule has 0 saturated heterocycles. The Bertz CT molecular complexity index is 473. The van der Waals surface area contributed by atoms with E-state index in [-0.39, 0.29) is 6.54 Å². The Morgan fingerprint density at radius 3 is 2.11 bits per heavy atom. The third-order valence-electron chi connectivity index (χ3n) is 3.21. The van der Waals surface area contributed by atoms with Crippen LogP contribution in [0.1, 0.15) is 6.42 Å². The lowest BCUT2D eigenvalue weighted by molar-refractivity contribution is 0.251. The molecule has 110 valence electrons. The van der Waals surface area contributed by atoms with E-state index in [2.05, 4.69) is 17.2 Å². The van der Waals surface area contributed by atoms with Gasteiger partial charge in [0.1, 0.15) is 0 Å². The molecule has 0 spiro atoms. The van der Waals surface area contributed by atoms with Crippen LogP contribution < -0.4 is 0 Å². The average Bonchev–Trinajstić information content (AvgIpc) is 2.24. The second kappa shape index (κ2) is 5.42. The van der Waals surface area contributed by atoms with Gasteiger partial charge in [-0.3, -0.25) is 14.1 Å². The van der Waals surface area contributed by atoms with Gasteiger partial charge in [-0.15, -0.1) is 0 Å². The Morgan fingerprint density at radius 2 is 1.79 bits per heavy atom. The van der Waals surface area contributed by atoms with Gasteiger partial charge in [0, 0.05) is 11.4 Å². The molecule has 4 N–H and O–H groups in total. The van der Waals surface area contributed by atoms with Crippen molar-refractivity contribution in [2.45, 2.75) is 17.4 Å². The summed E-state index contributed by atoms with van der Waals surface area (Å²) in [6, 6.07) is -0.487. The predicted octanol–water partition coefficient (Wildman–Crippen LogP) is -0.187. The van der Waals surface area contributed by atoms with Crippen molar-refractivity contribution in [1.29, 1.82) is 0 Å². The van der Waals surface area contributed by atoms with Crippen LogP contribution in [0.15, 0.2) is 4.99 Å². The van der Waals surface area contributed by atoms with Crippen molar-refractivity contribution in [3.63, 3.8) is 0 Å². The largest absolute Gasteiger partial charge is 0.349 e. The predicted molar refractivity (Wildman–Crippen MR) is 74.9 cm³/mol. The first-order valence-corrected chi connectivity index (χ1v) is 8.95. The van der Waals surface area contributed by atoms with E-state index in [1.165, 1.54) is 0 Å². The number of nitrogens with zero attached hydrogens (tertiary/aromatic N) is 2. The quantitative estimate of drug-likeness (QED) is 0.412. The van der Waals surface area contributed by atoms with Crippen LogP contribution in [0.2, 0.25) is 0 Å². The van der Waals surface area contributed by atoms with Crippen molar-refractivity contribution < 1.29 is 28.7 Å². The maximum Gasteiger partial charge on any atom is 0.349 e. The van der Waals surface area contributed by atoms with Crippen molar-refractivity contribution in [2.24, 2.45) is 4.99 Å². The smallest absolute Gasteiger partial charge is 0.323 e. The zero-order chi connectivity index (χ0) is 15.1. The van der Waals surface area contributed by atoms with Gasteiger partial charge >= 0.3 is 15.2 Å². The normalized spacial score (nSPS) is 24.2. The van der Waals surface area contributed by atoms with Crippen LogP contribution in [0.5, 0.6) is 0 Å². The molecular weight excluding hydrogens is 314 g/mol. The zero-order valence-electron chi connectivity index (χ0n) is 10.4. The summed E-state index contributed by atoms with van der Waals surface area (Å²) in [5, 5.41) is 0.837. The number of thiocarbonyl (C=S) groups is 1. The summed E-state index contributed by atoms with van der Waals surface area (Å²) < 4.78 is 23.5. The van der Waals surface area contributed by atoms with Crippen LogP contribution in [0, 0.1) is 0 Å². The van der Waals surface area contributed by atoms with Crippen molar-refractivity contribution in [1.82, 2.24) is 4.90 Å². The number of rotatable bonds is 4. The van der Waals surface area contributed by atoms with Crippen molar-refractivity contribution in [2.75, 3.05) is 20.6 Å². The lowest BCUT2D eigenvalue weighted by atomic mass is 10.0. The molecule has 19 heavy (non-hydrogen) atoms. The number of hydrogen-bond donors (Lipinski definition) is 4. The van der Waals surface area contributed by atoms with Crippen LogP contribution in [-0.2, 0) is 9.13 Å². The van der Waals surface area contributed by atoms with Crippen LogP contribution in [0.25, 0.3) is 0 Å². The molecule has 0 amide bonds. The average molecular weight is 330 g/mol. The third-order valence-corrected chi connectivity index (χ3v) is 7.75. The Morgan fingerprint density at radius 1 is 1.32 bits per heavy atom. The van der Waals surface area contributed by atoms with Gasteiger partial charge in [-0.25, -0.2) is 0 Å². The molecule has 0 radical (unpaired) electrons. The highest BCUT2D eigenvalue weighted by molar-refractivity contribution is 7.82. The molecule has 0 fully saturated rings. The van der Waals surface area contributed by atoms with Gasteiger partial charge < -0.3 is 24.5 Å². The molecule has 0 aromatic carbocycles. The summed E-state index contributed by atoms with van der Waals surface area (Å²) >= 11 is 4.61. The summed E-state index contributed by atoms with van der Waals surface area (Å²) in [6.07, 6.45) is -0.402. The second-order valence-electron chi connectivity index (χ2n) is 4.57. The number of hydrogen-bond acceptors (Lipinski definition) is 5. The van der Waals surface area contributed by atoms with Crippen LogP contribution in [0.3, 0.4) is 0 Å². The van der Waals surface area contributed by atoms with Crippen LogP contribution in [0.4, 0.5) is 0 Å². The minimum absolute atomic E-state index is 0.178. The summed E-state index contributed by atoms with van der Waals surface area (Å²) in [6.45, 7) is 0.178. The van der Waals surface area contributed by atoms with Gasteiger partial charge in [0.2, 0.25) is 4.90 Å². The van der Waals surface area contributed by atoms with E-state index >= 15 is 0 Å². The van der Waals surface area contributed by atoms with E-state index in [0.717, 1.165) is 5.37 Å². The molecule has 0 aromatic heterocycles. The van der Waals surface area contributed by atoms with E-state index in [4.69, 9.17) is 0 Å². The maximum absolute atomic E-state index is 11.7. The van der Waals surface area contributed by atoms with E-state index in [1.807, 2.05) is 0 Å². The van der Waals surface area contributed by atoms with Gasteiger partial charge in [-0.05, 0) is 20.5 Å². The standard InChI is InChI=1S/C8H16N2O6P2S/c1-10(2)6-3-8(17(11,12)13,18(14,15)16)7(5-19)9-4-6/h5-6H,3-4H2,1-2H3,(H2,11,12,13)(H2,14,15,16). The first-order chi connectivity index (χ1) is 8.47. The molecule has 1 unspecified atom stereocenters. The SMILES string of the molecule is CN(C)C1CN=C(C=S)C(P(=O)(O)O)(P(=O)(O)O)C1. The second-order valence-corrected chi connectivity index (χ2v) is 8.86. The first kappa shape index (κ1) is 17.1. The molecule has 1 atom stereocenters. The molecule has 1 heterocycles. The highest BCUT2D eigenvalue weighted by Crippen LogP contribution is 2.72. The summed E-state index contributed by atoms with van der Waals surface area (Å²) in [4.78, 5) is 40.8. The number of aliphatic imine (C=N–C) groups is 1. The lowest BCUT2D eigenvalue weighted by Gasteiger charge is -2.41. The highest BCUT2D eigenvalue weighted by atomic mass is 32.1. The molecule has 0 aromatic rings. The summed E-state index contributed by atoms with van der Waals surface area (Å²) in [5.74, 6) is 0. The molecule has 8 nitrogen and oxygen atoms in total. The summed E-state index contributed by atoms with van der Waals surface area (Å²) in [7, 11) is -7.03. The van der Waals surface area contributed by atoms with Crippen molar-refractivity contribution >= 4 is 38.5 Å². The molecule has 11 heteroatoms. The minimum atomic E-state index is -5.16. The fraction of sp³-hybridized carbons (Fsp3) is 0.750. The zero-order valence-corrected chi connectivity index (χ0v) is 13.0. The molecule has 1 aliphatic heterocycles. The third kappa shape index (κ3) is 2.89. The molecule has 0 saturated carbocycles. The van der Waals surface area contributed by atoms with Gasteiger partial charge in [0.05, 0.1) is 12.3 Å². The topological polar surface area (TPSA) is 131 Å². The van der Waals surface area contributed by atoms with Gasteiger partial charge in [-0.2, -0.15) is 0 Å². The fourth-order valence-corrected chi connectivity index (χ4v) is 5.58. The van der Waals surface area contributed by atoms with Crippen molar-refractivity contribution in [3.05, 3.63) is 0 Å². The Kier molecular flexibility index (Phi) is 4.87. The van der Waals surface area contributed by atoms with E-state index in [1.54, 1.807) is 19.0 Å². The monoisotopic (exact) mass is 330 g/mol. The van der Waals surface area contributed by atoms with Gasteiger partial charge in [-0.1, -0.05) is 12.2 Å². The Balaban J connectivity index is 3.55. The molecular formula is C8H16N2O6P2S. The van der Waals surface area contributed by atoms with E-state index < -0.39 is 38.3 Å². The Labute approximate surface area is 115 Å². The maximum atomic E-state index is 11.7. The lowest BCUT2D eigenvalue weighted by Crippen LogP contribution is -2.50. The van der Waals surface area contributed by atoms with E-state index in [0.29, 0.717) is 0 Å². The molecule has 0 aliphatic carbocycles. The van der Waals surface area contributed by atoms with Gasteiger partial charge in [0.25, 0.3) is 0 Å². The first-order valence-electron chi connectivity index (χ1n) is 5.25. The van der Waals surface area contributed by atoms with Crippen molar-refractivity contribution in [3.8, 4) is 0 Å². The Hall–Kier alpha value is 0.0200. The fourth-order valence-electron chi connectivity index (χ4n) is 2.01. The molecule has 0 bridgehead atoms. The van der Waals surface area contributed by atoms with Crippen LogP contribution in [-0.4, -0.2) is 67.1 Å². The molecule has 1 rings (SSSR count). The molecule has 1 aliphatic rings. The summed E-state index contributed by atoms with van der Waals surface area (Å²) in [5.41, 5.74) is -0.401.